The van der Waals surface area contributed by atoms with Gasteiger partial charge in [0.2, 0.25) is 0 Å². The zero-order chi connectivity index (χ0) is 33.0. The fourth-order valence-electron chi connectivity index (χ4n) is 7.58. The lowest BCUT2D eigenvalue weighted by Crippen LogP contribution is -1.94. The lowest BCUT2D eigenvalue weighted by Gasteiger charge is -2.11. The number of hydrogen-bond acceptors (Lipinski definition) is 1. The Morgan fingerprint density at radius 2 is 0.820 bits per heavy atom. The summed E-state index contributed by atoms with van der Waals surface area (Å²) in [6.07, 6.45) is 1.97. The Kier molecular flexibility index (Phi) is 6.49. The highest BCUT2D eigenvalue weighted by molar-refractivity contribution is 6.12. The molecule has 3 heteroatoms. The first-order valence-corrected chi connectivity index (χ1v) is 17.0. The SMILES string of the molecule is c1ccc(-c2ccc(-c3ccc(-n4c5ccccc5c5cc(-c6ccc7c8ccccc8n(-c8ccccc8)c7c6)ccc54)cc3)cn2)cc1. The van der Waals surface area contributed by atoms with Crippen molar-refractivity contribution in [3.8, 4) is 44.9 Å². The van der Waals surface area contributed by atoms with E-state index in [-0.39, 0.29) is 0 Å². The van der Waals surface area contributed by atoms with Gasteiger partial charge in [0, 0.05) is 50.2 Å². The number of para-hydroxylation sites is 3. The van der Waals surface area contributed by atoms with Gasteiger partial charge in [-0.2, -0.15) is 0 Å². The van der Waals surface area contributed by atoms with Crippen LogP contribution in [-0.2, 0) is 0 Å². The molecule has 0 aliphatic rings. The van der Waals surface area contributed by atoms with Gasteiger partial charge in [-0.15, -0.1) is 0 Å². The summed E-state index contributed by atoms with van der Waals surface area (Å²) in [5, 5.41) is 5.01. The van der Waals surface area contributed by atoms with Gasteiger partial charge in [0.25, 0.3) is 0 Å². The van der Waals surface area contributed by atoms with Gasteiger partial charge in [-0.3, -0.25) is 4.98 Å². The van der Waals surface area contributed by atoms with E-state index in [0.717, 1.165) is 28.1 Å². The van der Waals surface area contributed by atoms with Crippen molar-refractivity contribution in [3.05, 3.63) is 188 Å². The van der Waals surface area contributed by atoms with Crippen LogP contribution >= 0.6 is 0 Å². The smallest absolute Gasteiger partial charge is 0.0702 e. The van der Waals surface area contributed by atoms with Gasteiger partial charge in [-0.25, -0.2) is 0 Å². The van der Waals surface area contributed by atoms with Crippen LogP contribution in [0.5, 0.6) is 0 Å². The van der Waals surface area contributed by atoms with Gasteiger partial charge in [0.05, 0.1) is 27.8 Å². The Morgan fingerprint density at radius 1 is 0.300 bits per heavy atom. The molecular formula is C47H31N3. The maximum absolute atomic E-state index is 4.75. The van der Waals surface area contributed by atoms with E-state index >= 15 is 0 Å². The maximum Gasteiger partial charge on any atom is 0.0702 e. The third kappa shape index (κ3) is 4.56. The highest BCUT2D eigenvalue weighted by Gasteiger charge is 2.16. The normalized spacial score (nSPS) is 11.6. The lowest BCUT2D eigenvalue weighted by molar-refractivity contribution is 1.18. The molecule has 7 aromatic carbocycles. The van der Waals surface area contributed by atoms with Crippen molar-refractivity contribution < 1.29 is 0 Å². The fourth-order valence-corrected chi connectivity index (χ4v) is 7.58. The first-order chi connectivity index (χ1) is 24.8. The number of fused-ring (bicyclic) bond motifs is 6. The van der Waals surface area contributed by atoms with E-state index in [0.29, 0.717) is 0 Å². The molecule has 3 aromatic heterocycles. The van der Waals surface area contributed by atoms with Crippen molar-refractivity contribution in [2.75, 3.05) is 0 Å². The number of pyridine rings is 1. The van der Waals surface area contributed by atoms with Crippen molar-refractivity contribution in [3.63, 3.8) is 0 Å². The molecule has 0 aliphatic heterocycles. The minimum atomic E-state index is 0.981. The number of hydrogen-bond donors (Lipinski definition) is 0. The molecule has 0 fully saturated rings. The molecule has 10 aromatic rings. The van der Waals surface area contributed by atoms with Crippen molar-refractivity contribution >= 4 is 43.6 Å². The number of rotatable bonds is 5. The van der Waals surface area contributed by atoms with Gasteiger partial charge in [-0.05, 0) is 77.4 Å². The highest BCUT2D eigenvalue weighted by atomic mass is 15.0. The highest BCUT2D eigenvalue weighted by Crippen LogP contribution is 2.38. The molecule has 0 amide bonds. The zero-order valence-corrected chi connectivity index (χ0v) is 27.2. The van der Waals surface area contributed by atoms with Crippen LogP contribution in [-0.4, -0.2) is 14.1 Å². The molecule has 0 bridgehead atoms. The number of nitrogens with zero attached hydrogens (tertiary/aromatic N) is 3. The van der Waals surface area contributed by atoms with Crippen molar-refractivity contribution in [2.45, 2.75) is 0 Å². The van der Waals surface area contributed by atoms with Crippen LogP contribution in [0.15, 0.2) is 188 Å². The molecule has 0 atom stereocenters. The summed E-state index contributed by atoms with van der Waals surface area (Å²) in [6.45, 7) is 0. The topological polar surface area (TPSA) is 22.8 Å². The van der Waals surface area contributed by atoms with E-state index in [2.05, 4.69) is 173 Å². The first-order valence-electron chi connectivity index (χ1n) is 17.0. The first kappa shape index (κ1) is 28.3. The summed E-state index contributed by atoms with van der Waals surface area (Å²) in [6, 6.07) is 65.3. The van der Waals surface area contributed by atoms with Gasteiger partial charge < -0.3 is 9.13 Å². The molecule has 50 heavy (non-hydrogen) atoms. The summed E-state index contributed by atoms with van der Waals surface area (Å²) < 4.78 is 4.77. The second-order valence-electron chi connectivity index (χ2n) is 12.8. The quantitative estimate of drug-likeness (QED) is 0.184. The molecule has 0 N–H and O–H groups in total. The largest absolute Gasteiger partial charge is 0.309 e. The van der Waals surface area contributed by atoms with E-state index in [4.69, 9.17) is 4.98 Å². The third-order valence-corrected chi connectivity index (χ3v) is 9.99. The van der Waals surface area contributed by atoms with E-state index in [1.54, 1.807) is 0 Å². The van der Waals surface area contributed by atoms with Crippen molar-refractivity contribution in [1.29, 1.82) is 0 Å². The average Bonchev–Trinajstić information content (AvgIpc) is 3.71. The van der Waals surface area contributed by atoms with Crippen LogP contribution in [0.3, 0.4) is 0 Å². The monoisotopic (exact) mass is 637 g/mol. The molecule has 0 saturated heterocycles. The molecule has 3 heterocycles. The van der Waals surface area contributed by atoms with Crippen molar-refractivity contribution in [2.24, 2.45) is 0 Å². The Balaban J connectivity index is 1.06. The van der Waals surface area contributed by atoms with E-state index in [1.165, 1.54) is 60.4 Å². The minimum Gasteiger partial charge on any atom is -0.309 e. The van der Waals surface area contributed by atoms with Gasteiger partial charge in [-0.1, -0.05) is 121 Å². The summed E-state index contributed by atoms with van der Waals surface area (Å²) in [7, 11) is 0. The van der Waals surface area contributed by atoms with E-state index < -0.39 is 0 Å². The summed E-state index contributed by atoms with van der Waals surface area (Å²) >= 11 is 0. The summed E-state index contributed by atoms with van der Waals surface area (Å²) in [5.74, 6) is 0. The predicted octanol–water partition coefficient (Wildman–Crippen LogP) is 12.3. The standard InChI is InChI=1S/C47H31N3/c1-3-11-33(12-4-1)43-27-22-36(31-48-43)32-19-24-38(25-20-32)49-45-18-10-8-16-40(45)42-29-34(23-28-46(42)49)35-21-26-41-39-15-7-9-17-44(39)50(47(41)30-35)37-13-5-2-6-14-37/h1-31H. The molecule has 0 radical (unpaired) electrons. The Morgan fingerprint density at radius 3 is 1.54 bits per heavy atom. The lowest BCUT2D eigenvalue weighted by atomic mass is 10.0. The van der Waals surface area contributed by atoms with Crippen LogP contribution < -0.4 is 0 Å². The average molecular weight is 638 g/mol. The fraction of sp³-hybridized carbons (Fsp3) is 0. The van der Waals surface area contributed by atoms with E-state index in [1.807, 2.05) is 24.4 Å². The van der Waals surface area contributed by atoms with Crippen molar-refractivity contribution in [1.82, 2.24) is 14.1 Å². The minimum absolute atomic E-state index is 0.981. The van der Waals surface area contributed by atoms with Crippen LogP contribution in [0, 0.1) is 0 Å². The molecule has 3 nitrogen and oxygen atoms in total. The molecule has 0 unspecified atom stereocenters. The molecule has 10 rings (SSSR count). The predicted molar refractivity (Wildman–Crippen MR) is 209 cm³/mol. The molecule has 0 spiro atoms. The van der Waals surface area contributed by atoms with Gasteiger partial charge >= 0.3 is 0 Å². The van der Waals surface area contributed by atoms with Crippen LogP contribution in [0.2, 0.25) is 0 Å². The van der Waals surface area contributed by atoms with Gasteiger partial charge in [0.1, 0.15) is 0 Å². The van der Waals surface area contributed by atoms with E-state index in [9.17, 15) is 0 Å². The Hall–Kier alpha value is -6.71. The Bertz CT molecular complexity index is 2830. The van der Waals surface area contributed by atoms with Crippen LogP contribution in [0.4, 0.5) is 0 Å². The Labute approximate surface area is 290 Å². The second-order valence-corrected chi connectivity index (χ2v) is 12.8. The third-order valence-electron chi connectivity index (χ3n) is 9.99. The van der Waals surface area contributed by atoms with Crippen LogP contribution in [0.25, 0.3) is 88.5 Å². The number of benzene rings is 7. The second kappa shape index (κ2) is 11.5. The van der Waals surface area contributed by atoms with Crippen LogP contribution in [0.1, 0.15) is 0 Å². The maximum atomic E-state index is 4.75. The van der Waals surface area contributed by atoms with Gasteiger partial charge in [0.15, 0.2) is 0 Å². The molecule has 0 aliphatic carbocycles. The zero-order valence-electron chi connectivity index (χ0n) is 27.2. The molecular weight excluding hydrogens is 607 g/mol. The summed E-state index contributed by atoms with van der Waals surface area (Å²) in [4.78, 5) is 4.75. The molecule has 0 saturated carbocycles. The molecule has 234 valence electrons. The number of aromatic nitrogens is 3. The summed E-state index contributed by atoms with van der Waals surface area (Å²) in [5.41, 5.74) is 13.9.